The molecule has 156 valence electrons. The second kappa shape index (κ2) is 9.39. The third-order valence-electron chi connectivity index (χ3n) is 4.26. The minimum absolute atomic E-state index is 0.0355. The summed E-state index contributed by atoms with van der Waals surface area (Å²) < 4.78 is 28.5. The molecule has 0 saturated heterocycles. The zero-order valence-electron chi connectivity index (χ0n) is 15.8. The van der Waals surface area contributed by atoms with Gasteiger partial charge >= 0.3 is 0 Å². The van der Waals surface area contributed by atoms with E-state index in [2.05, 4.69) is 21.2 Å². The molecule has 0 atom stereocenters. The van der Waals surface area contributed by atoms with Crippen molar-refractivity contribution in [1.82, 2.24) is 0 Å². The molecule has 30 heavy (non-hydrogen) atoms. The number of nitrogens with zero attached hydrogens (tertiary/aromatic N) is 1. The van der Waals surface area contributed by atoms with E-state index in [4.69, 9.17) is 23.2 Å². The zero-order chi connectivity index (χ0) is 21.9. The van der Waals surface area contributed by atoms with E-state index in [0.29, 0.717) is 5.69 Å². The van der Waals surface area contributed by atoms with Crippen LogP contribution in [-0.2, 0) is 14.8 Å². The first-order valence-electron chi connectivity index (χ1n) is 8.78. The van der Waals surface area contributed by atoms with E-state index < -0.39 is 22.5 Å². The van der Waals surface area contributed by atoms with Crippen molar-refractivity contribution in [2.75, 3.05) is 16.2 Å². The highest BCUT2D eigenvalue weighted by atomic mass is 79.9. The normalized spacial score (nSPS) is 11.2. The maximum absolute atomic E-state index is 13.3. The molecule has 0 bridgehead atoms. The largest absolute Gasteiger partial charge is 0.325 e. The van der Waals surface area contributed by atoms with Gasteiger partial charge in [-0.15, -0.1) is 0 Å². The van der Waals surface area contributed by atoms with E-state index in [9.17, 15) is 13.2 Å². The Morgan fingerprint density at radius 2 is 1.73 bits per heavy atom. The number of aryl methyl sites for hydroxylation is 1. The molecule has 0 unspecified atom stereocenters. The standard InChI is InChI=1S/C21H17BrCl2N2O3S/c1-14-12-15(10-11-17(14)22)25-20(27)13-26(19-9-5-8-18(23)21(19)24)30(28,29)16-6-3-2-4-7-16/h2-12H,13H2,1H3,(H,25,27). The summed E-state index contributed by atoms with van der Waals surface area (Å²) in [4.78, 5) is 12.8. The molecule has 0 aliphatic rings. The van der Waals surface area contributed by atoms with Crippen LogP contribution in [0.4, 0.5) is 11.4 Å². The molecule has 0 spiro atoms. The molecule has 9 heteroatoms. The minimum atomic E-state index is -4.07. The van der Waals surface area contributed by atoms with Gasteiger partial charge in [-0.1, -0.05) is 63.4 Å². The van der Waals surface area contributed by atoms with Crippen molar-refractivity contribution in [3.05, 3.63) is 86.8 Å². The van der Waals surface area contributed by atoms with Crippen molar-refractivity contribution in [3.63, 3.8) is 0 Å². The first kappa shape index (κ1) is 22.6. The third kappa shape index (κ3) is 4.98. The van der Waals surface area contributed by atoms with Gasteiger partial charge in [-0.05, 0) is 55.0 Å². The van der Waals surface area contributed by atoms with Crippen LogP contribution in [0, 0.1) is 6.92 Å². The zero-order valence-corrected chi connectivity index (χ0v) is 19.7. The summed E-state index contributed by atoms with van der Waals surface area (Å²) in [6.07, 6.45) is 0. The van der Waals surface area contributed by atoms with Crippen LogP contribution in [0.1, 0.15) is 5.56 Å². The Bertz CT molecular complexity index is 1190. The number of hydrogen-bond donors (Lipinski definition) is 1. The van der Waals surface area contributed by atoms with Gasteiger partial charge in [-0.3, -0.25) is 9.10 Å². The fraction of sp³-hybridized carbons (Fsp3) is 0.0952. The predicted octanol–water partition coefficient (Wildman–Crippen LogP) is 5.90. The number of nitrogens with one attached hydrogen (secondary N) is 1. The molecule has 0 saturated carbocycles. The molecule has 3 aromatic rings. The monoisotopic (exact) mass is 526 g/mol. The predicted molar refractivity (Wildman–Crippen MR) is 125 cm³/mol. The van der Waals surface area contributed by atoms with Crippen LogP contribution < -0.4 is 9.62 Å². The average Bonchev–Trinajstić information content (AvgIpc) is 2.72. The molecule has 3 rings (SSSR count). The van der Waals surface area contributed by atoms with Gasteiger partial charge in [0.15, 0.2) is 0 Å². The van der Waals surface area contributed by atoms with Crippen molar-refractivity contribution in [2.24, 2.45) is 0 Å². The summed E-state index contributed by atoms with van der Waals surface area (Å²) in [5.74, 6) is -0.521. The number of amides is 1. The lowest BCUT2D eigenvalue weighted by atomic mass is 10.2. The van der Waals surface area contributed by atoms with E-state index >= 15 is 0 Å². The highest BCUT2D eigenvalue weighted by molar-refractivity contribution is 9.10. The molecule has 1 N–H and O–H groups in total. The molecule has 0 aromatic heterocycles. The van der Waals surface area contributed by atoms with Gasteiger partial charge in [-0.2, -0.15) is 0 Å². The number of anilines is 2. The Labute approximate surface area is 193 Å². The first-order valence-corrected chi connectivity index (χ1v) is 11.8. The van der Waals surface area contributed by atoms with Crippen molar-refractivity contribution in [1.29, 1.82) is 0 Å². The second-order valence-corrected chi connectivity index (χ2v) is 9.91. The summed E-state index contributed by atoms with van der Waals surface area (Å²) in [6.45, 7) is 1.41. The lowest BCUT2D eigenvalue weighted by Gasteiger charge is -2.25. The Kier molecular flexibility index (Phi) is 7.08. The van der Waals surface area contributed by atoms with Gasteiger partial charge in [-0.25, -0.2) is 8.42 Å². The van der Waals surface area contributed by atoms with Gasteiger partial charge < -0.3 is 5.32 Å². The lowest BCUT2D eigenvalue weighted by molar-refractivity contribution is -0.114. The number of sulfonamides is 1. The number of carbonyl (C=O) groups is 1. The molecule has 3 aromatic carbocycles. The highest BCUT2D eigenvalue weighted by Crippen LogP contribution is 2.35. The lowest BCUT2D eigenvalue weighted by Crippen LogP contribution is -2.38. The molecule has 0 aliphatic carbocycles. The van der Waals surface area contributed by atoms with E-state index in [1.54, 1.807) is 48.5 Å². The summed E-state index contributed by atoms with van der Waals surface area (Å²) in [5.41, 5.74) is 1.60. The molecule has 5 nitrogen and oxygen atoms in total. The second-order valence-electron chi connectivity index (χ2n) is 6.41. The quantitative estimate of drug-likeness (QED) is 0.434. The van der Waals surface area contributed by atoms with E-state index in [-0.39, 0.29) is 20.6 Å². The molecule has 0 radical (unpaired) electrons. The highest BCUT2D eigenvalue weighted by Gasteiger charge is 2.29. The van der Waals surface area contributed by atoms with Crippen LogP contribution >= 0.6 is 39.1 Å². The van der Waals surface area contributed by atoms with E-state index in [1.807, 2.05) is 6.92 Å². The number of carbonyl (C=O) groups excluding carboxylic acids is 1. The van der Waals surface area contributed by atoms with Gasteiger partial charge in [0.25, 0.3) is 10.0 Å². The van der Waals surface area contributed by atoms with Gasteiger partial charge in [0, 0.05) is 10.2 Å². The Hall–Kier alpha value is -2.06. The Morgan fingerprint density at radius 3 is 2.40 bits per heavy atom. The van der Waals surface area contributed by atoms with Crippen molar-refractivity contribution in [2.45, 2.75) is 11.8 Å². The number of halogens is 3. The van der Waals surface area contributed by atoms with Crippen LogP contribution in [0.25, 0.3) is 0 Å². The molecule has 0 fully saturated rings. The summed E-state index contributed by atoms with van der Waals surface area (Å²) in [7, 11) is -4.07. The van der Waals surface area contributed by atoms with Gasteiger partial charge in [0.2, 0.25) is 5.91 Å². The van der Waals surface area contributed by atoms with Crippen LogP contribution in [0.2, 0.25) is 10.0 Å². The Balaban J connectivity index is 1.98. The summed E-state index contributed by atoms with van der Waals surface area (Å²) in [6, 6.07) is 17.8. The number of rotatable bonds is 6. The first-order chi connectivity index (χ1) is 14.2. The van der Waals surface area contributed by atoms with Crippen LogP contribution in [0.3, 0.4) is 0 Å². The average molecular weight is 528 g/mol. The van der Waals surface area contributed by atoms with Crippen molar-refractivity contribution >= 4 is 66.4 Å². The summed E-state index contributed by atoms with van der Waals surface area (Å²) in [5, 5.41) is 2.96. The van der Waals surface area contributed by atoms with Crippen LogP contribution in [-0.4, -0.2) is 20.9 Å². The molecule has 0 aliphatic heterocycles. The maximum Gasteiger partial charge on any atom is 0.264 e. The van der Waals surface area contributed by atoms with Crippen LogP contribution in [0.5, 0.6) is 0 Å². The van der Waals surface area contributed by atoms with Gasteiger partial charge in [0.1, 0.15) is 6.54 Å². The van der Waals surface area contributed by atoms with Crippen molar-refractivity contribution < 1.29 is 13.2 Å². The molecule has 1 amide bonds. The topological polar surface area (TPSA) is 66.5 Å². The fourth-order valence-corrected chi connectivity index (χ4v) is 4.91. The SMILES string of the molecule is Cc1cc(NC(=O)CN(c2cccc(Cl)c2Cl)S(=O)(=O)c2ccccc2)ccc1Br. The maximum atomic E-state index is 13.3. The molecular weight excluding hydrogens is 511 g/mol. The third-order valence-corrected chi connectivity index (χ3v) is 7.73. The summed E-state index contributed by atoms with van der Waals surface area (Å²) >= 11 is 15.8. The van der Waals surface area contributed by atoms with Crippen LogP contribution in [0.15, 0.2) is 76.1 Å². The minimum Gasteiger partial charge on any atom is -0.325 e. The van der Waals surface area contributed by atoms with Crippen molar-refractivity contribution in [3.8, 4) is 0 Å². The Morgan fingerprint density at radius 1 is 1.03 bits per heavy atom. The molecular formula is C21H17BrCl2N2O3S. The van der Waals surface area contributed by atoms with Gasteiger partial charge in [0.05, 0.1) is 20.6 Å². The van der Waals surface area contributed by atoms with E-state index in [0.717, 1.165) is 14.3 Å². The van der Waals surface area contributed by atoms with E-state index in [1.165, 1.54) is 18.2 Å². The number of benzene rings is 3. The molecule has 0 heterocycles. The fourth-order valence-electron chi connectivity index (χ4n) is 2.76. The smallest absolute Gasteiger partial charge is 0.264 e. The number of hydrogen-bond acceptors (Lipinski definition) is 3.